The van der Waals surface area contributed by atoms with E-state index in [0.717, 1.165) is 9.13 Å². The molecule has 0 bridgehead atoms. The second-order valence-electron chi connectivity index (χ2n) is 4.35. The average Bonchev–Trinajstić information content (AvgIpc) is 2.47. The number of nitrogens with two attached hydrogens (primary N) is 1. The first-order chi connectivity index (χ1) is 9.58. The fourth-order valence-corrected chi connectivity index (χ4v) is 2.54. The maximum Gasteiger partial charge on any atom is 0.252 e. The normalized spacial score (nSPS) is 11.9. The van der Waals surface area contributed by atoms with Crippen LogP contribution in [-0.2, 0) is 0 Å². The highest BCUT2D eigenvalue weighted by molar-refractivity contribution is 14.1. The van der Waals surface area contributed by atoms with Gasteiger partial charge in [0.2, 0.25) is 0 Å². The summed E-state index contributed by atoms with van der Waals surface area (Å²) in [5.74, 6) is -0.164. The second-order valence-corrected chi connectivity index (χ2v) is 5.95. The van der Waals surface area contributed by atoms with E-state index in [2.05, 4.69) is 27.9 Å². The van der Waals surface area contributed by atoms with E-state index >= 15 is 0 Å². The SMILES string of the molecule is NC(CNC(=O)c1cc(Cl)ccc1I)c1ccccc1. The average molecular weight is 401 g/mol. The molecule has 0 fully saturated rings. The fraction of sp³-hybridized carbons (Fsp3) is 0.133. The van der Waals surface area contributed by atoms with Crippen molar-refractivity contribution in [1.29, 1.82) is 0 Å². The van der Waals surface area contributed by atoms with Gasteiger partial charge >= 0.3 is 0 Å². The van der Waals surface area contributed by atoms with E-state index in [4.69, 9.17) is 17.3 Å². The van der Waals surface area contributed by atoms with E-state index < -0.39 is 0 Å². The molecule has 0 aliphatic rings. The Morgan fingerprint density at radius 3 is 2.65 bits per heavy atom. The van der Waals surface area contributed by atoms with Crippen LogP contribution in [0, 0.1) is 3.57 Å². The van der Waals surface area contributed by atoms with E-state index in [-0.39, 0.29) is 11.9 Å². The quantitative estimate of drug-likeness (QED) is 0.773. The van der Waals surface area contributed by atoms with Crippen LogP contribution in [-0.4, -0.2) is 12.5 Å². The summed E-state index contributed by atoms with van der Waals surface area (Å²) >= 11 is 8.02. The number of hydrogen-bond acceptors (Lipinski definition) is 2. The van der Waals surface area contributed by atoms with Gasteiger partial charge in [-0.1, -0.05) is 41.9 Å². The third-order valence-electron chi connectivity index (χ3n) is 2.88. The number of carbonyl (C=O) groups excluding carboxylic acids is 1. The van der Waals surface area contributed by atoms with Crippen molar-refractivity contribution >= 4 is 40.1 Å². The van der Waals surface area contributed by atoms with Gasteiger partial charge < -0.3 is 11.1 Å². The van der Waals surface area contributed by atoms with Crippen molar-refractivity contribution in [2.45, 2.75) is 6.04 Å². The van der Waals surface area contributed by atoms with Crippen LogP contribution in [0.1, 0.15) is 22.0 Å². The molecule has 0 saturated carbocycles. The minimum absolute atomic E-state index is 0.164. The van der Waals surface area contributed by atoms with Crippen molar-refractivity contribution in [3.63, 3.8) is 0 Å². The lowest BCUT2D eigenvalue weighted by Gasteiger charge is -2.13. The van der Waals surface area contributed by atoms with Crippen LogP contribution in [0.15, 0.2) is 48.5 Å². The van der Waals surface area contributed by atoms with Crippen LogP contribution in [0.2, 0.25) is 5.02 Å². The smallest absolute Gasteiger partial charge is 0.252 e. The zero-order valence-corrected chi connectivity index (χ0v) is 13.6. The van der Waals surface area contributed by atoms with Gasteiger partial charge in [0.15, 0.2) is 0 Å². The lowest BCUT2D eigenvalue weighted by molar-refractivity contribution is 0.0950. The standard InChI is InChI=1S/C15H14ClIN2O/c16-11-6-7-13(17)12(8-11)15(20)19-9-14(18)10-4-2-1-3-5-10/h1-8,14H,9,18H2,(H,19,20). The van der Waals surface area contributed by atoms with Gasteiger partial charge in [-0.15, -0.1) is 0 Å². The molecule has 2 aromatic carbocycles. The zero-order chi connectivity index (χ0) is 14.5. The zero-order valence-electron chi connectivity index (χ0n) is 10.6. The Hall–Kier alpha value is -1.11. The molecule has 104 valence electrons. The molecule has 5 heteroatoms. The number of carbonyl (C=O) groups is 1. The summed E-state index contributed by atoms with van der Waals surface area (Å²) in [6.45, 7) is 0.380. The minimum atomic E-state index is -0.225. The highest BCUT2D eigenvalue weighted by atomic mass is 127. The molecular weight excluding hydrogens is 387 g/mol. The van der Waals surface area contributed by atoms with E-state index in [9.17, 15) is 4.79 Å². The molecule has 2 aromatic rings. The molecule has 0 heterocycles. The molecule has 1 amide bonds. The summed E-state index contributed by atoms with van der Waals surface area (Å²) in [4.78, 5) is 12.1. The van der Waals surface area contributed by atoms with Gasteiger partial charge in [0, 0.05) is 21.2 Å². The first kappa shape index (κ1) is 15.3. The van der Waals surface area contributed by atoms with Crippen LogP contribution >= 0.6 is 34.2 Å². The molecule has 0 aliphatic carbocycles. The van der Waals surface area contributed by atoms with Crippen molar-refractivity contribution in [3.05, 3.63) is 68.3 Å². The highest BCUT2D eigenvalue weighted by Gasteiger charge is 2.12. The lowest BCUT2D eigenvalue weighted by Crippen LogP contribution is -2.32. The van der Waals surface area contributed by atoms with Crippen LogP contribution < -0.4 is 11.1 Å². The second kappa shape index (κ2) is 7.06. The molecule has 0 spiro atoms. The molecule has 3 nitrogen and oxygen atoms in total. The monoisotopic (exact) mass is 400 g/mol. The fourth-order valence-electron chi connectivity index (χ4n) is 1.79. The molecule has 20 heavy (non-hydrogen) atoms. The molecule has 2 rings (SSSR count). The van der Waals surface area contributed by atoms with Gasteiger partial charge in [0.05, 0.1) is 5.56 Å². The molecule has 0 saturated heterocycles. The predicted molar refractivity (Wildman–Crippen MR) is 89.9 cm³/mol. The molecule has 1 atom stereocenters. The van der Waals surface area contributed by atoms with Crippen LogP contribution in [0.25, 0.3) is 0 Å². The van der Waals surface area contributed by atoms with E-state index in [1.54, 1.807) is 12.1 Å². The third kappa shape index (κ3) is 3.94. The van der Waals surface area contributed by atoms with E-state index in [1.165, 1.54) is 0 Å². The van der Waals surface area contributed by atoms with Crippen LogP contribution in [0.5, 0.6) is 0 Å². The number of nitrogens with one attached hydrogen (secondary N) is 1. The Labute approximate surface area is 136 Å². The summed E-state index contributed by atoms with van der Waals surface area (Å²) in [6.07, 6.45) is 0. The maximum absolute atomic E-state index is 12.1. The van der Waals surface area contributed by atoms with E-state index in [1.807, 2.05) is 36.4 Å². The van der Waals surface area contributed by atoms with Crippen molar-refractivity contribution in [3.8, 4) is 0 Å². The Morgan fingerprint density at radius 1 is 1.25 bits per heavy atom. The van der Waals surface area contributed by atoms with Gasteiger partial charge in [-0.25, -0.2) is 0 Å². The number of benzene rings is 2. The van der Waals surface area contributed by atoms with Gasteiger partial charge in [-0.3, -0.25) is 4.79 Å². The Morgan fingerprint density at radius 2 is 1.95 bits per heavy atom. The third-order valence-corrected chi connectivity index (χ3v) is 4.06. The topological polar surface area (TPSA) is 55.1 Å². The summed E-state index contributed by atoms with van der Waals surface area (Å²) in [6, 6.07) is 14.7. The molecule has 1 unspecified atom stereocenters. The summed E-state index contributed by atoms with van der Waals surface area (Å²) in [5.41, 5.74) is 7.61. The first-order valence-corrected chi connectivity index (χ1v) is 7.57. The van der Waals surface area contributed by atoms with Crippen molar-refractivity contribution in [2.75, 3.05) is 6.54 Å². The van der Waals surface area contributed by atoms with E-state index in [0.29, 0.717) is 17.1 Å². The van der Waals surface area contributed by atoms with Gasteiger partial charge in [0.1, 0.15) is 0 Å². The van der Waals surface area contributed by atoms with Crippen LogP contribution in [0.4, 0.5) is 0 Å². The summed E-state index contributed by atoms with van der Waals surface area (Å²) in [7, 11) is 0. The Kier molecular flexibility index (Phi) is 5.39. The van der Waals surface area contributed by atoms with Crippen molar-refractivity contribution in [1.82, 2.24) is 5.32 Å². The Balaban J connectivity index is 2.00. The summed E-state index contributed by atoms with van der Waals surface area (Å²) in [5, 5.41) is 3.38. The van der Waals surface area contributed by atoms with Crippen LogP contribution in [0.3, 0.4) is 0 Å². The van der Waals surface area contributed by atoms with Gasteiger partial charge in [-0.2, -0.15) is 0 Å². The number of rotatable bonds is 4. The predicted octanol–water partition coefficient (Wildman–Crippen LogP) is 3.37. The molecule has 0 aromatic heterocycles. The lowest BCUT2D eigenvalue weighted by atomic mass is 10.1. The number of amides is 1. The van der Waals surface area contributed by atoms with Crippen molar-refractivity contribution in [2.24, 2.45) is 5.73 Å². The van der Waals surface area contributed by atoms with Gasteiger partial charge in [-0.05, 0) is 46.4 Å². The maximum atomic E-state index is 12.1. The van der Waals surface area contributed by atoms with Gasteiger partial charge in [0.25, 0.3) is 5.91 Å². The number of halogens is 2. The van der Waals surface area contributed by atoms with Crippen molar-refractivity contribution < 1.29 is 4.79 Å². The minimum Gasteiger partial charge on any atom is -0.350 e. The molecular formula is C15H14ClIN2O. The molecule has 3 N–H and O–H groups in total. The summed E-state index contributed by atoms with van der Waals surface area (Å²) < 4.78 is 0.859. The molecule has 0 radical (unpaired) electrons. The largest absolute Gasteiger partial charge is 0.350 e. The first-order valence-electron chi connectivity index (χ1n) is 6.11. The Bertz CT molecular complexity index is 604. The molecule has 0 aliphatic heterocycles. The number of hydrogen-bond donors (Lipinski definition) is 2. The highest BCUT2D eigenvalue weighted by Crippen LogP contribution is 2.18.